The zero-order valence-electron chi connectivity index (χ0n) is 16.7. The second-order valence-corrected chi connectivity index (χ2v) is 8.46. The second kappa shape index (κ2) is 9.62. The highest BCUT2D eigenvalue weighted by atomic mass is 79.9. The maximum Gasteiger partial charge on any atom is 0.311 e. The Bertz CT molecular complexity index is 967. The van der Waals surface area contributed by atoms with Gasteiger partial charge in [0.25, 0.3) is 5.91 Å². The fourth-order valence-corrected chi connectivity index (χ4v) is 4.00. The van der Waals surface area contributed by atoms with E-state index in [0.717, 1.165) is 10.0 Å². The van der Waals surface area contributed by atoms with Crippen molar-refractivity contribution in [2.45, 2.75) is 26.3 Å². The van der Waals surface area contributed by atoms with Crippen molar-refractivity contribution >= 4 is 51.0 Å². The molecular formula is C22H22BrClN2O4. The minimum atomic E-state index is -0.583. The third kappa shape index (κ3) is 5.02. The Morgan fingerprint density at radius 3 is 2.67 bits per heavy atom. The van der Waals surface area contributed by atoms with Crippen LogP contribution in [0.2, 0.25) is 5.02 Å². The van der Waals surface area contributed by atoms with Gasteiger partial charge < -0.3 is 15.0 Å². The van der Waals surface area contributed by atoms with Gasteiger partial charge in [-0.05, 0) is 53.0 Å². The van der Waals surface area contributed by atoms with Crippen molar-refractivity contribution in [1.82, 2.24) is 4.90 Å². The number of carbonyl (C=O) groups is 3. The first-order valence-corrected chi connectivity index (χ1v) is 10.7. The van der Waals surface area contributed by atoms with E-state index in [0.29, 0.717) is 16.3 Å². The van der Waals surface area contributed by atoms with Gasteiger partial charge in [-0.25, -0.2) is 0 Å². The van der Waals surface area contributed by atoms with Crippen LogP contribution in [0.4, 0.5) is 5.69 Å². The van der Waals surface area contributed by atoms with Crippen molar-refractivity contribution in [1.29, 1.82) is 0 Å². The van der Waals surface area contributed by atoms with E-state index < -0.39 is 24.4 Å². The van der Waals surface area contributed by atoms with Gasteiger partial charge in [0.2, 0.25) is 5.91 Å². The molecule has 2 aromatic rings. The van der Waals surface area contributed by atoms with Gasteiger partial charge in [0.1, 0.15) is 0 Å². The molecule has 0 aromatic heterocycles. The number of esters is 1. The van der Waals surface area contributed by atoms with Gasteiger partial charge >= 0.3 is 5.97 Å². The van der Waals surface area contributed by atoms with Crippen molar-refractivity contribution in [3.05, 3.63) is 63.1 Å². The Labute approximate surface area is 188 Å². The molecule has 0 radical (unpaired) electrons. The first kappa shape index (κ1) is 22.3. The van der Waals surface area contributed by atoms with E-state index in [1.807, 2.05) is 37.3 Å². The fourth-order valence-electron chi connectivity index (χ4n) is 3.40. The van der Waals surface area contributed by atoms with E-state index in [4.69, 9.17) is 16.3 Å². The monoisotopic (exact) mass is 492 g/mol. The van der Waals surface area contributed by atoms with Gasteiger partial charge in [0.15, 0.2) is 6.61 Å². The van der Waals surface area contributed by atoms with Gasteiger partial charge in [-0.1, -0.05) is 41.9 Å². The lowest BCUT2D eigenvalue weighted by molar-refractivity contribution is -0.151. The van der Waals surface area contributed by atoms with Crippen molar-refractivity contribution in [2.75, 3.05) is 18.5 Å². The Kier molecular flexibility index (Phi) is 7.15. The Hall–Kier alpha value is -2.38. The van der Waals surface area contributed by atoms with Crippen LogP contribution in [-0.2, 0) is 19.1 Å². The molecular weight excluding hydrogens is 472 g/mol. The third-order valence-corrected chi connectivity index (χ3v) is 6.58. The number of benzene rings is 2. The highest BCUT2D eigenvalue weighted by molar-refractivity contribution is 9.10. The quantitative estimate of drug-likeness (QED) is 0.601. The molecule has 8 heteroatoms. The number of ether oxygens (including phenoxy) is 1. The minimum absolute atomic E-state index is 0.0824. The number of hydrogen-bond acceptors (Lipinski definition) is 4. The molecule has 6 nitrogen and oxygen atoms in total. The van der Waals surface area contributed by atoms with Gasteiger partial charge in [0.05, 0.1) is 17.0 Å². The van der Waals surface area contributed by atoms with Crippen LogP contribution < -0.4 is 5.32 Å². The van der Waals surface area contributed by atoms with Gasteiger partial charge in [-0.2, -0.15) is 0 Å². The van der Waals surface area contributed by atoms with Crippen LogP contribution >= 0.6 is 27.5 Å². The molecule has 1 aliphatic rings. The molecule has 1 fully saturated rings. The maximum absolute atomic E-state index is 12.4. The van der Waals surface area contributed by atoms with Crippen LogP contribution in [0.15, 0.2) is 46.9 Å². The average molecular weight is 494 g/mol. The molecule has 0 saturated carbocycles. The number of nitrogens with one attached hydrogen (secondary N) is 1. The summed E-state index contributed by atoms with van der Waals surface area (Å²) in [4.78, 5) is 38.7. The predicted octanol–water partition coefficient (Wildman–Crippen LogP) is 4.50. The molecule has 30 heavy (non-hydrogen) atoms. The third-order valence-electron chi connectivity index (χ3n) is 5.20. The predicted molar refractivity (Wildman–Crippen MR) is 118 cm³/mol. The van der Waals surface area contributed by atoms with Crippen molar-refractivity contribution < 1.29 is 19.1 Å². The van der Waals surface area contributed by atoms with Crippen LogP contribution in [-0.4, -0.2) is 35.8 Å². The zero-order valence-corrected chi connectivity index (χ0v) is 19.0. The van der Waals surface area contributed by atoms with E-state index in [9.17, 15) is 14.4 Å². The normalized spacial score (nSPS) is 17.0. The number of nitrogens with zero attached hydrogens (tertiary/aromatic N) is 1. The van der Waals surface area contributed by atoms with Crippen molar-refractivity contribution in [2.24, 2.45) is 5.92 Å². The van der Waals surface area contributed by atoms with Crippen LogP contribution in [0.5, 0.6) is 0 Å². The summed E-state index contributed by atoms with van der Waals surface area (Å²) < 4.78 is 5.89. The topological polar surface area (TPSA) is 75.7 Å². The summed E-state index contributed by atoms with van der Waals surface area (Å²) in [5.41, 5.74) is 2.25. The standard InChI is InChI=1S/C22H22BrClN2O4/c1-13-18(9-8-17(23)21(13)24)25-19(27)12-30-22(29)16-10-20(28)26(11-16)14(2)15-6-4-3-5-7-15/h3-9,14,16H,10-12H2,1-2H3,(H,25,27)/t14-,16-/m0/s1. The lowest BCUT2D eigenvalue weighted by Gasteiger charge is -2.25. The largest absolute Gasteiger partial charge is 0.455 e. The Balaban J connectivity index is 1.53. The fraction of sp³-hybridized carbons (Fsp3) is 0.318. The van der Waals surface area contributed by atoms with Crippen LogP contribution in [0.1, 0.15) is 30.5 Å². The number of rotatable bonds is 6. The summed E-state index contributed by atoms with van der Waals surface area (Å²) >= 11 is 9.48. The summed E-state index contributed by atoms with van der Waals surface area (Å²) in [6.07, 6.45) is 0.0824. The van der Waals surface area contributed by atoms with E-state index in [2.05, 4.69) is 21.2 Å². The average Bonchev–Trinajstić information content (AvgIpc) is 3.14. The van der Waals surface area contributed by atoms with Crippen molar-refractivity contribution in [3.63, 3.8) is 0 Å². The van der Waals surface area contributed by atoms with Gasteiger partial charge in [-0.15, -0.1) is 0 Å². The Morgan fingerprint density at radius 1 is 1.27 bits per heavy atom. The molecule has 1 N–H and O–H groups in total. The summed E-state index contributed by atoms with van der Waals surface area (Å²) in [6.45, 7) is 3.56. The van der Waals surface area contributed by atoms with Crippen LogP contribution in [0, 0.1) is 12.8 Å². The van der Waals surface area contributed by atoms with Gasteiger partial charge in [0, 0.05) is 23.1 Å². The first-order valence-electron chi connectivity index (χ1n) is 9.53. The molecule has 1 aliphatic heterocycles. The summed E-state index contributed by atoms with van der Waals surface area (Å²) in [5, 5.41) is 3.18. The molecule has 0 bridgehead atoms. The Morgan fingerprint density at radius 2 is 1.97 bits per heavy atom. The lowest BCUT2D eigenvalue weighted by atomic mass is 10.1. The summed E-state index contributed by atoms with van der Waals surface area (Å²) in [6, 6.07) is 12.9. The highest BCUT2D eigenvalue weighted by Crippen LogP contribution is 2.31. The molecule has 0 spiro atoms. The number of hydrogen-bond donors (Lipinski definition) is 1. The van der Waals surface area contributed by atoms with Crippen LogP contribution in [0.25, 0.3) is 0 Å². The molecule has 2 amide bonds. The number of carbonyl (C=O) groups excluding carboxylic acids is 3. The maximum atomic E-state index is 12.4. The molecule has 1 heterocycles. The molecule has 2 aromatic carbocycles. The first-order chi connectivity index (χ1) is 14.3. The highest BCUT2D eigenvalue weighted by Gasteiger charge is 2.38. The molecule has 1 saturated heterocycles. The zero-order chi connectivity index (χ0) is 21.8. The van der Waals surface area contributed by atoms with E-state index in [-0.39, 0.29) is 24.9 Å². The van der Waals surface area contributed by atoms with Gasteiger partial charge in [-0.3, -0.25) is 14.4 Å². The minimum Gasteiger partial charge on any atom is -0.455 e. The van der Waals surface area contributed by atoms with Crippen LogP contribution in [0.3, 0.4) is 0 Å². The lowest BCUT2D eigenvalue weighted by Crippen LogP contribution is -2.30. The number of amides is 2. The van der Waals surface area contributed by atoms with E-state index in [1.54, 1.807) is 24.0 Å². The number of likely N-dealkylation sites (tertiary alicyclic amines) is 1. The molecule has 0 unspecified atom stereocenters. The molecule has 0 aliphatic carbocycles. The van der Waals surface area contributed by atoms with E-state index >= 15 is 0 Å². The molecule has 2 atom stereocenters. The number of halogens is 2. The second-order valence-electron chi connectivity index (χ2n) is 7.22. The molecule has 3 rings (SSSR count). The van der Waals surface area contributed by atoms with E-state index in [1.165, 1.54) is 0 Å². The number of anilines is 1. The van der Waals surface area contributed by atoms with Crippen molar-refractivity contribution in [3.8, 4) is 0 Å². The molecule has 158 valence electrons. The smallest absolute Gasteiger partial charge is 0.311 e. The summed E-state index contributed by atoms with van der Waals surface area (Å²) in [7, 11) is 0. The SMILES string of the molecule is Cc1c(NC(=O)COC(=O)[C@H]2CC(=O)N([C@@H](C)c3ccccc3)C2)ccc(Br)c1Cl. The summed E-state index contributed by atoms with van der Waals surface area (Å²) in [5.74, 6) is -1.70.